The normalized spacial score (nSPS) is 14.7. The highest BCUT2D eigenvalue weighted by Gasteiger charge is 2.44. The predicted molar refractivity (Wildman–Crippen MR) is 97.2 cm³/mol. The van der Waals surface area contributed by atoms with Gasteiger partial charge in [0.25, 0.3) is 0 Å². The fourth-order valence-electron chi connectivity index (χ4n) is 2.69. The van der Waals surface area contributed by atoms with Crippen molar-refractivity contribution in [2.24, 2.45) is 0 Å². The molecule has 1 saturated carbocycles. The summed E-state index contributed by atoms with van der Waals surface area (Å²) in [7, 11) is 0. The van der Waals surface area contributed by atoms with Crippen LogP contribution in [0.2, 0.25) is 5.02 Å². The zero-order valence-corrected chi connectivity index (χ0v) is 14.3. The molecule has 1 aliphatic rings. The number of halogens is 2. The highest BCUT2D eigenvalue weighted by Crippen LogP contribution is 2.48. The van der Waals surface area contributed by atoms with Crippen LogP contribution in [0.15, 0.2) is 48.5 Å². The van der Waals surface area contributed by atoms with Crippen LogP contribution in [0.25, 0.3) is 0 Å². The number of nitrogens with one attached hydrogen (secondary N) is 1. The van der Waals surface area contributed by atoms with Crippen LogP contribution in [-0.2, 0) is 16.6 Å². The predicted octanol–water partition coefficient (Wildman–Crippen LogP) is 3.73. The number of rotatable bonds is 5. The largest absolute Gasteiger partial charge is 0.399 e. The van der Waals surface area contributed by atoms with Crippen LogP contribution in [0.4, 0.5) is 5.69 Å². The molecule has 0 spiro atoms. The summed E-state index contributed by atoms with van der Waals surface area (Å²) in [6.45, 7) is 0.668. The van der Waals surface area contributed by atoms with Crippen LogP contribution < -0.4 is 11.1 Å². The van der Waals surface area contributed by atoms with E-state index in [1.54, 1.807) is 0 Å². The molecule has 5 heteroatoms. The van der Waals surface area contributed by atoms with Gasteiger partial charge in [0.05, 0.1) is 6.42 Å². The van der Waals surface area contributed by atoms with Crippen molar-refractivity contribution in [3.63, 3.8) is 0 Å². The minimum Gasteiger partial charge on any atom is -0.399 e. The van der Waals surface area contributed by atoms with Crippen molar-refractivity contribution in [1.82, 2.24) is 5.32 Å². The monoisotopic (exact) mass is 350 g/mol. The van der Waals surface area contributed by atoms with Crippen LogP contribution in [0.3, 0.4) is 0 Å². The first-order chi connectivity index (χ1) is 10.6. The van der Waals surface area contributed by atoms with Crippen molar-refractivity contribution in [3.8, 4) is 0 Å². The molecule has 3 N–H and O–H groups in total. The van der Waals surface area contributed by atoms with E-state index >= 15 is 0 Å². The fraction of sp³-hybridized carbons (Fsp3) is 0.278. The first-order valence-electron chi connectivity index (χ1n) is 7.45. The zero-order chi connectivity index (χ0) is 15.6. The second-order valence-corrected chi connectivity index (χ2v) is 6.42. The van der Waals surface area contributed by atoms with Gasteiger partial charge in [0.1, 0.15) is 0 Å². The van der Waals surface area contributed by atoms with Gasteiger partial charge in [-0.25, -0.2) is 0 Å². The Morgan fingerprint density at radius 2 is 1.87 bits per heavy atom. The lowest BCUT2D eigenvalue weighted by Gasteiger charge is -2.17. The van der Waals surface area contributed by atoms with Crippen molar-refractivity contribution >= 4 is 35.6 Å². The van der Waals surface area contributed by atoms with Gasteiger partial charge in [0, 0.05) is 22.7 Å². The molecule has 122 valence electrons. The Kier molecular flexibility index (Phi) is 5.55. The van der Waals surface area contributed by atoms with E-state index in [2.05, 4.69) is 11.4 Å². The van der Waals surface area contributed by atoms with Crippen molar-refractivity contribution in [3.05, 3.63) is 64.7 Å². The number of carbonyl (C=O) groups is 1. The van der Waals surface area contributed by atoms with Gasteiger partial charge in [0.15, 0.2) is 0 Å². The molecule has 23 heavy (non-hydrogen) atoms. The van der Waals surface area contributed by atoms with Crippen molar-refractivity contribution in [2.75, 3.05) is 12.3 Å². The standard InChI is InChI=1S/C18H19ClN2O.ClH/c19-15-3-1-2-14(11-15)18(8-9-18)12-21-17(22)10-13-4-6-16(20)7-5-13;/h1-7,11H,8-10,12,20H2,(H,21,22);1H. The number of carbonyl (C=O) groups excluding carboxylic acids is 1. The Labute approximate surface area is 147 Å². The molecule has 1 amide bonds. The molecule has 0 heterocycles. The Morgan fingerprint density at radius 1 is 1.17 bits per heavy atom. The molecule has 0 radical (unpaired) electrons. The van der Waals surface area contributed by atoms with E-state index in [-0.39, 0.29) is 23.7 Å². The maximum atomic E-state index is 12.1. The van der Waals surface area contributed by atoms with Gasteiger partial charge < -0.3 is 11.1 Å². The Morgan fingerprint density at radius 3 is 2.48 bits per heavy atom. The molecule has 0 atom stereocenters. The zero-order valence-electron chi connectivity index (χ0n) is 12.7. The number of anilines is 1. The van der Waals surface area contributed by atoms with E-state index < -0.39 is 0 Å². The molecular weight excluding hydrogens is 331 g/mol. The van der Waals surface area contributed by atoms with Gasteiger partial charge in [-0.05, 0) is 48.2 Å². The number of hydrogen-bond acceptors (Lipinski definition) is 2. The Bertz CT molecular complexity index is 682. The van der Waals surface area contributed by atoms with Gasteiger partial charge in [-0.1, -0.05) is 35.9 Å². The Hall–Kier alpha value is -1.71. The highest BCUT2D eigenvalue weighted by atomic mass is 35.5. The maximum absolute atomic E-state index is 12.1. The second-order valence-electron chi connectivity index (χ2n) is 5.99. The number of nitrogens with two attached hydrogens (primary N) is 1. The van der Waals surface area contributed by atoms with Gasteiger partial charge >= 0.3 is 0 Å². The molecule has 0 saturated heterocycles. The van der Waals surface area contributed by atoms with Crippen molar-refractivity contribution < 1.29 is 4.79 Å². The summed E-state index contributed by atoms with van der Waals surface area (Å²) in [6, 6.07) is 15.3. The molecule has 0 bridgehead atoms. The van der Waals surface area contributed by atoms with Crippen LogP contribution in [0, 0.1) is 0 Å². The van der Waals surface area contributed by atoms with Gasteiger partial charge in [-0.2, -0.15) is 0 Å². The SMILES string of the molecule is Cl.Nc1ccc(CC(=O)NCC2(c3cccc(Cl)c3)CC2)cc1. The van der Waals surface area contributed by atoms with Crippen LogP contribution in [0.1, 0.15) is 24.0 Å². The fourth-order valence-corrected chi connectivity index (χ4v) is 2.88. The molecule has 2 aromatic carbocycles. The van der Waals surface area contributed by atoms with E-state index in [0.717, 1.165) is 23.4 Å². The number of nitrogen functional groups attached to an aromatic ring is 1. The van der Waals surface area contributed by atoms with Crippen LogP contribution in [-0.4, -0.2) is 12.5 Å². The maximum Gasteiger partial charge on any atom is 0.224 e. The third kappa shape index (κ3) is 4.40. The molecule has 1 aliphatic carbocycles. The Balaban J connectivity index is 0.00000192. The van der Waals surface area contributed by atoms with E-state index in [9.17, 15) is 4.79 Å². The van der Waals surface area contributed by atoms with Crippen molar-refractivity contribution in [2.45, 2.75) is 24.7 Å². The number of hydrogen-bond donors (Lipinski definition) is 2. The summed E-state index contributed by atoms with van der Waals surface area (Å²) in [4.78, 5) is 12.1. The molecule has 3 nitrogen and oxygen atoms in total. The molecule has 0 aromatic heterocycles. The average Bonchev–Trinajstić information content (AvgIpc) is 3.29. The molecule has 3 rings (SSSR count). The molecule has 0 unspecified atom stereocenters. The smallest absolute Gasteiger partial charge is 0.224 e. The van der Waals surface area contributed by atoms with Gasteiger partial charge in [-0.15, -0.1) is 12.4 Å². The third-order valence-corrected chi connectivity index (χ3v) is 4.49. The summed E-state index contributed by atoms with van der Waals surface area (Å²) >= 11 is 6.06. The molecule has 2 aromatic rings. The van der Waals surface area contributed by atoms with E-state index in [1.807, 2.05) is 42.5 Å². The first kappa shape index (κ1) is 17.6. The first-order valence-corrected chi connectivity index (χ1v) is 7.82. The second kappa shape index (κ2) is 7.24. The lowest BCUT2D eigenvalue weighted by Crippen LogP contribution is -2.33. The molecular formula is C18H20Cl2N2O. The topological polar surface area (TPSA) is 55.1 Å². The minimum atomic E-state index is 0. The van der Waals surface area contributed by atoms with Crippen molar-refractivity contribution in [1.29, 1.82) is 0 Å². The summed E-state index contributed by atoms with van der Waals surface area (Å²) in [5.41, 5.74) is 8.62. The third-order valence-electron chi connectivity index (χ3n) is 4.26. The average molecular weight is 351 g/mol. The van der Waals surface area contributed by atoms with E-state index in [4.69, 9.17) is 17.3 Å². The number of amides is 1. The van der Waals surface area contributed by atoms with E-state index in [0.29, 0.717) is 18.7 Å². The minimum absolute atomic E-state index is 0. The summed E-state index contributed by atoms with van der Waals surface area (Å²) in [5, 5.41) is 3.80. The molecule has 1 fully saturated rings. The van der Waals surface area contributed by atoms with E-state index in [1.165, 1.54) is 5.56 Å². The number of benzene rings is 2. The summed E-state index contributed by atoms with van der Waals surface area (Å²) < 4.78 is 0. The summed E-state index contributed by atoms with van der Waals surface area (Å²) in [5.74, 6) is 0.0399. The van der Waals surface area contributed by atoms with Crippen LogP contribution in [0.5, 0.6) is 0 Å². The lowest BCUT2D eigenvalue weighted by molar-refractivity contribution is -0.120. The summed E-state index contributed by atoms with van der Waals surface area (Å²) in [6.07, 6.45) is 2.57. The lowest BCUT2D eigenvalue weighted by atomic mass is 9.96. The van der Waals surface area contributed by atoms with Gasteiger partial charge in [-0.3, -0.25) is 4.79 Å². The molecule has 0 aliphatic heterocycles. The van der Waals surface area contributed by atoms with Gasteiger partial charge in [0.2, 0.25) is 5.91 Å². The highest BCUT2D eigenvalue weighted by molar-refractivity contribution is 6.30. The quantitative estimate of drug-likeness (QED) is 0.807. The van der Waals surface area contributed by atoms with Crippen LogP contribution >= 0.6 is 24.0 Å².